The van der Waals surface area contributed by atoms with Crippen molar-refractivity contribution in [2.75, 3.05) is 19.3 Å². The molecule has 0 aromatic rings. The van der Waals surface area contributed by atoms with Crippen molar-refractivity contribution in [1.82, 2.24) is 15.4 Å². The molecule has 124 valence electrons. The Morgan fingerprint density at radius 3 is 2.43 bits per heavy atom. The maximum atomic E-state index is 11.7. The Labute approximate surface area is 127 Å². The van der Waals surface area contributed by atoms with Gasteiger partial charge >= 0.3 is 6.09 Å². The van der Waals surface area contributed by atoms with Crippen molar-refractivity contribution in [3.63, 3.8) is 0 Å². The third-order valence-electron chi connectivity index (χ3n) is 3.27. The average Bonchev–Trinajstić information content (AvgIpc) is 2.74. The van der Waals surface area contributed by atoms with E-state index in [-0.39, 0.29) is 17.8 Å². The van der Waals surface area contributed by atoms with E-state index >= 15 is 0 Å². The van der Waals surface area contributed by atoms with Crippen LogP contribution < -0.4 is 15.4 Å². The highest BCUT2D eigenvalue weighted by molar-refractivity contribution is 7.89. The molecule has 1 saturated carbocycles. The monoisotopic (exact) mass is 321 g/mol. The molecule has 0 aliphatic heterocycles. The molecule has 0 aromatic heterocycles. The maximum absolute atomic E-state index is 11.7. The number of hydrogen-bond donors (Lipinski definition) is 3. The van der Waals surface area contributed by atoms with Gasteiger partial charge in [-0.1, -0.05) is 0 Å². The molecule has 2 unspecified atom stereocenters. The Morgan fingerprint density at radius 2 is 1.86 bits per heavy atom. The van der Waals surface area contributed by atoms with Gasteiger partial charge in [-0.05, 0) is 47.1 Å². The van der Waals surface area contributed by atoms with E-state index < -0.39 is 21.7 Å². The zero-order chi connectivity index (χ0) is 16.1. The van der Waals surface area contributed by atoms with Gasteiger partial charge in [0.2, 0.25) is 10.0 Å². The molecule has 8 heteroatoms. The van der Waals surface area contributed by atoms with Gasteiger partial charge in [0.25, 0.3) is 0 Å². The molecule has 1 aliphatic carbocycles. The third-order valence-corrected chi connectivity index (χ3v) is 4.63. The van der Waals surface area contributed by atoms with E-state index in [2.05, 4.69) is 15.4 Å². The first-order valence-corrected chi connectivity index (χ1v) is 8.90. The lowest BCUT2D eigenvalue weighted by Crippen LogP contribution is -2.39. The van der Waals surface area contributed by atoms with Gasteiger partial charge in [-0.3, -0.25) is 0 Å². The van der Waals surface area contributed by atoms with Crippen LogP contribution in [0.15, 0.2) is 0 Å². The minimum absolute atomic E-state index is 0.0597. The van der Waals surface area contributed by atoms with E-state index in [1.165, 1.54) is 7.05 Å². The molecule has 0 aromatic carbocycles. The molecule has 21 heavy (non-hydrogen) atoms. The van der Waals surface area contributed by atoms with Crippen LogP contribution in [0.1, 0.15) is 40.0 Å². The van der Waals surface area contributed by atoms with Crippen molar-refractivity contribution in [3.8, 4) is 0 Å². The van der Waals surface area contributed by atoms with Crippen LogP contribution in [0.3, 0.4) is 0 Å². The van der Waals surface area contributed by atoms with Crippen LogP contribution in [-0.2, 0) is 14.8 Å². The predicted octanol–water partition coefficient (Wildman–Crippen LogP) is 0.571. The van der Waals surface area contributed by atoms with Crippen molar-refractivity contribution in [2.24, 2.45) is 0 Å². The minimum atomic E-state index is -3.17. The topological polar surface area (TPSA) is 96.5 Å². The first-order chi connectivity index (χ1) is 9.61. The van der Waals surface area contributed by atoms with E-state index in [4.69, 9.17) is 4.74 Å². The number of hydrogen-bond acceptors (Lipinski definition) is 5. The molecule has 0 saturated heterocycles. The SMILES string of the molecule is CNS(=O)(=O)CCNC1CCC(NC(=O)OC(C)(C)C)C1. The van der Waals surface area contributed by atoms with Crippen molar-refractivity contribution in [3.05, 3.63) is 0 Å². The van der Waals surface area contributed by atoms with E-state index in [1.54, 1.807) is 0 Å². The molecule has 1 rings (SSSR count). The van der Waals surface area contributed by atoms with Crippen molar-refractivity contribution in [2.45, 2.75) is 57.7 Å². The smallest absolute Gasteiger partial charge is 0.407 e. The number of rotatable bonds is 6. The maximum Gasteiger partial charge on any atom is 0.407 e. The van der Waals surface area contributed by atoms with Crippen molar-refractivity contribution in [1.29, 1.82) is 0 Å². The largest absolute Gasteiger partial charge is 0.444 e. The zero-order valence-electron chi connectivity index (χ0n) is 13.2. The molecular weight excluding hydrogens is 294 g/mol. The van der Waals surface area contributed by atoms with Gasteiger partial charge in [-0.2, -0.15) is 0 Å². The van der Waals surface area contributed by atoms with E-state index in [9.17, 15) is 13.2 Å². The summed E-state index contributed by atoms with van der Waals surface area (Å²) in [5, 5.41) is 6.06. The van der Waals surface area contributed by atoms with Crippen LogP contribution in [0.5, 0.6) is 0 Å². The Hall–Kier alpha value is -0.860. The number of carbonyl (C=O) groups excluding carboxylic acids is 1. The molecule has 0 radical (unpaired) electrons. The highest BCUT2D eigenvalue weighted by Crippen LogP contribution is 2.19. The summed E-state index contributed by atoms with van der Waals surface area (Å²) >= 11 is 0. The number of ether oxygens (including phenoxy) is 1. The summed E-state index contributed by atoms with van der Waals surface area (Å²) in [4.78, 5) is 11.7. The van der Waals surface area contributed by atoms with Gasteiger partial charge in [0, 0.05) is 18.6 Å². The first kappa shape index (κ1) is 18.2. The van der Waals surface area contributed by atoms with E-state index in [0.717, 1.165) is 19.3 Å². The van der Waals surface area contributed by atoms with Crippen LogP contribution in [-0.4, -0.2) is 51.5 Å². The molecule has 1 fully saturated rings. The molecule has 1 amide bonds. The van der Waals surface area contributed by atoms with Crippen molar-refractivity contribution < 1.29 is 17.9 Å². The fraction of sp³-hybridized carbons (Fsp3) is 0.923. The number of carbonyl (C=O) groups is 1. The third kappa shape index (κ3) is 7.63. The highest BCUT2D eigenvalue weighted by Gasteiger charge is 2.27. The van der Waals surface area contributed by atoms with Crippen molar-refractivity contribution >= 4 is 16.1 Å². The fourth-order valence-corrected chi connectivity index (χ4v) is 2.86. The average molecular weight is 321 g/mol. The van der Waals surface area contributed by atoms with Gasteiger partial charge in [0.15, 0.2) is 0 Å². The zero-order valence-corrected chi connectivity index (χ0v) is 14.0. The molecular formula is C13H27N3O4S. The molecule has 7 nitrogen and oxygen atoms in total. The summed E-state index contributed by atoms with van der Waals surface area (Å²) in [6.45, 7) is 5.89. The molecule has 2 atom stereocenters. The Morgan fingerprint density at radius 1 is 1.24 bits per heavy atom. The predicted molar refractivity (Wildman–Crippen MR) is 81.6 cm³/mol. The second kappa shape index (κ2) is 7.42. The lowest BCUT2D eigenvalue weighted by atomic mass is 10.2. The normalized spacial score (nSPS) is 23.0. The Bertz CT molecular complexity index is 445. The van der Waals surface area contributed by atoms with Gasteiger partial charge < -0.3 is 15.4 Å². The van der Waals surface area contributed by atoms with Gasteiger partial charge in [-0.15, -0.1) is 0 Å². The van der Waals surface area contributed by atoms with E-state index in [0.29, 0.717) is 6.54 Å². The second-order valence-corrected chi connectivity index (χ2v) is 8.38. The van der Waals surface area contributed by atoms with Gasteiger partial charge in [-0.25, -0.2) is 17.9 Å². The van der Waals surface area contributed by atoms with Crippen LogP contribution in [0.2, 0.25) is 0 Å². The van der Waals surface area contributed by atoms with Gasteiger partial charge in [0.05, 0.1) is 5.75 Å². The van der Waals surface area contributed by atoms with Crippen LogP contribution in [0, 0.1) is 0 Å². The molecule has 0 spiro atoms. The fourth-order valence-electron chi connectivity index (χ4n) is 2.27. The Balaban J connectivity index is 2.25. The number of sulfonamides is 1. The summed E-state index contributed by atoms with van der Waals surface area (Å²) in [6, 6.07) is 0.315. The summed E-state index contributed by atoms with van der Waals surface area (Å²) < 4.78 is 30.1. The summed E-state index contributed by atoms with van der Waals surface area (Å²) in [5.74, 6) is 0.0597. The number of nitrogens with one attached hydrogen (secondary N) is 3. The standard InChI is InChI=1S/C13H27N3O4S/c1-13(2,3)20-12(17)16-11-6-5-10(9-11)15-7-8-21(18,19)14-4/h10-11,14-15H,5-9H2,1-4H3,(H,16,17). The lowest BCUT2D eigenvalue weighted by molar-refractivity contribution is 0.0505. The highest BCUT2D eigenvalue weighted by atomic mass is 32.2. The van der Waals surface area contributed by atoms with Gasteiger partial charge in [0.1, 0.15) is 5.60 Å². The lowest BCUT2D eigenvalue weighted by Gasteiger charge is -2.21. The van der Waals surface area contributed by atoms with Crippen LogP contribution in [0.4, 0.5) is 4.79 Å². The Kier molecular flexibility index (Phi) is 6.42. The minimum Gasteiger partial charge on any atom is -0.444 e. The summed E-state index contributed by atoms with van der Waals surface area (Å²) in [7, 11) is -1.76. The number of amides is 1. The first-order valence-electron chi connectivity index (χ1n) is 7.25. The van der Waals surface area contributed by atoms with Crippen LogP contribution in [0.25, 0.3) is 0 Å². The molecule has 1 aliphatic rings. The summed E-state index contributed by atoms with van der Waals surface area (Å²) in [5.41, 5.74) is -0.498. The molecule has 0 heterocycles. The molecule has 3 N–H and O–H groups in total. The van der Waals surface area contributed by atoms with E-state index in [1.807, 2.05) is 20.8 Å². The van der Waals surface area contributed by atoms with Crippen LogP contribution >= 0.6 is 0 Å². The quantitative estimate of drug-likeness (QED) is 0.665. The summed E-state index contributed by atoms with van der Waals surface area (Å²) in [6.07, 6.45) is 2.18. The molecule has 0 bridgehead atoms. The number of alkyl carbamates (subject to hydrolysis) is 1. The second-order valence-electron chi connectivity index (χ2n) is 6.33.